The van der Waals surface area contributed by atoms with Crippen LogP contribution in [-0.2, 0) is 11.3 Å². The first-order chi connectivity index (χ1) is 11.1. The minimum Gasteiger partial charge on any atom is -0.491 e. The van der Waals surface area contributed by atoms with Gasteiger partial charge in [0, 0.05) is 38.0 Å². The Kier molecular flexibility index (Phi) is 4.68. The number of aryl methyl sites for hydroxylation is 2. The Labute approximate surface area is 137 Å². The average molecular weight is 315 g/mol. The van der Waals surface area contributed by atoms with Gasteiger partial charge in [-0.1, -0.05) is 12.1 Å². The summed E-state index contributed by atoms with van der Waals surface area (Å²) >= 11 is 0. The predicted molar refractivity (Wildman–Crippen MR) is 89.6 cm³/mol. The fourth-order valence-electron chi connectivity index (χ4n) is 3.10. The van der Waals surface area contributed by atoms with Crippen molar-refractivity contribution in [2.75, 3.05) is 26.8 Å². The van der Waals surface area contributed by atoms with Gasteiger partial charge in [-0.15, -0.1) is 0 Å². The molecule has 0 aliphatic carbocycles. The lowest BCUT2D eigenvalue weighted by molar-refractivity contribution is -0.0359. The third kappa shape index (κ3) is 3.74. The second-order valence-electron chi connectivity index (χ2n) is 6.47. The Morgan fingerprint density at radius 3 is 2.91 bits per heavy atom. The van der Waals surface area contributed by atoms with Crippen LogP contribution >= 0.6 is 0 Å². The molecule has 0 saturated carbocycles. The van der Waals surface area contributed by atoms with Gasteiger partial charge in [0.25, 0.3) is 0 Å². The van der Waals surface area contributed by atoms with Gasteiger partial charge in [-0.2, -0.15) is 5.10 Å². The van der Waals surface area contributed by atoms with Crippen LogP contribution in [0, 0.1) is 13.8 Å². The van der Waals surface area contributed by atoms with Crippen LogP contribution in [0.5, 0.6) is 5.75 Å². The van der Waals surface area contributed by atoms with Crippen molar-refractivity contribution < 1.29 is 9.47 Å². The molecule has 23 heavy (non-hydrogen) atoms. The smallest absolute Gasteiger partial charge is 0.119 e. The molecule has 0 spiro atoms. The molecule has 0 radical (unpaired) electrons. The van der Waals surface area contributed by atoms with Crippen molar-refractivity contribution in [3.63, 3.8) is 0 Å². The molecule has 1 aromatic heterocycles. The van der Waals surface area contributed by atoms with Gasteiger partial charge >= 0.3 is 0 Å². The van der Waals surface area contributed by atoms with Crippen LogP contribution in [0.4, 0.5) is 0 Å². The summed E-state index contributed by atoms with van der Waals surface area (Å²) in [5.74, 6) is 0.908. The summed E-state index contributed by atoms with van der Waals surface area (Å²) in [4.78, 5) is 2.40. The van der Waals surface area contributed by atoms with E-state index in [1.54, 1.807) is 7.11 Å². The van der Waals surface area contributed by atoms with Crippen molar-refractivity contribution >= 4 is 0 Å². The van der Waals surface area contributed by atoms with Gasteiger partial charge in [-0.05, 0) is 38.0 Å². The minimum absolute atomic E-state index is 0.235. The molecule has 1 fully saturated rings. The number of benzene rings is 1. The van der Waals surface area contributed by atoms with E-state index in [0.717, 1.165) is 37.5 Å². The van der Waals surface area contributed by atoms with Crippen molar-refractivity contribution in [3.8, 4) is 5.75 Å². The molecule has 0 amide bonds. The molecule has 1 atom stereocenters. The minimum atomic E-state index is -0.235. The number of aromatic nitrogens is 2. The zero-order valence-corrected chi connectivity index (χ0v) is 14.1. The number of rotatable bonds is 6. The average Bonchev–Trinajstić information content (AvgIpc) is 3.14. The van der Waals surface area contributed by atoms with E-state index in [9.17, 15) is 0 Å². The van der Waals surface area contributed by atoms with Crippen LogP contribution in [0.2, 0.25) is 0 Å². The van der Waals surface area contributed by atoms with Gasteiger partial charge in [0.2, 0.25) is 0 Å². The SMILES string of the molecule is COC1(COc2cccc(C)c2)CCN(Cc2cn[nH]c2C)C1. The van der Waals surface area contributed by atoms with Crippen molar-refractivity contribution in [2.24, 2.45) is 0 Å². The second-order valence-corrected chi connectivity index (χ2v) is 6.47. The summed E-state index contributed by atoms with van der Waals surface area (Å²) in [7, 11) is 1.78. The Balaban J connectivity index is 1.60. The van der Waals surface area contributed by atoms with Crippen LogP contribution in [0.25, 0.3) is 0 Å². The summed E-state index contributed by atoms with van der Waals surface area (Å²) in [6.07, 6.45) is 2.89. The van der Waals surface area contributed by atoms with Crippen LogP contribution in [0.3, 0.4) is 0 Å². The Hall–Kier alpha value is -1.85. The van der Waals surface area contributed by atoms with Crippen molar-refractivity contribution in [3.05, 3.63) is 47.3 Å². The van der Waals surface area contributed by atoms with Crippen molar-refractivity contribution in [1.29, 1.82) is 0 Å². The number of nitrogens with zero attached hydrogens (tertiary/aromatic N) is 2. The van der Waals surface area contributed by atoms with Crippen LogP contribution in [0.1, 0.15) is 23.2 Å². The highest BCUT2D eigenvalue weighted by Crippen LogP contribution is 2.28. The molecule has 2 aromatic rings. The zero-order chi connectivity index (χ0) is 16.3. The lowest BCUT2D eigenvalue weighted by Gasteiger charge is -2.28. The molecule has 1 unspecified atom stereocenters. The molecular weight excluding hydrogens is 290 g/mol. The first-order valence-corrected chi connectivity index (χ1v) is 8.06. The van der Waals surface area contributed by atoms with Gasteiger partial charge < -0.3 is 9.47 Å². The lowest BCUT2D eigenvalue weighted by Crippen LogP contribution is -2.41. The molecular formula is C18H25N3O2. The fraction of sp³-hybridized carbons (Fsp3) is 0.500. The second kappa shape index (κ2) is 6.72. The van der Waals surface area contributed by atoms with Gasteiger partial charge in [0.1, 0.15) is 18.0 Å². The number of methoxy groups -OCH3 is 1. The molecule has 1 aliphatic heterocycles. The van der Waals surface area contributed by atoms with Crippen LogP contribution in [-0.4, -0.2) is 47.5 Å². The van der Waals surface area contributed by atoms with Crippen molar-refractivity contribution in [2.45, 2.75) is 32.4 Å². The third-order valence-electron chi connectivity index (χ3n) is 4.65. The summed E-state index contributed by atoms with van der Waals surface area (Å²) in [5.41, 5.74) is 3.35. The standard InChI is InChI=1S/C18H25N3O2/c1-14-5-4-6-17(9-14)23-13-18(22-3)7-8-21(12-18)11-16-10-19-20-15(16)2/h4-6,9-10H,7-8,11-13H2,1-3H3,(H,19,20). The van der Waals surface area contributed by atoms with Crippen LogP contribution in [0.15, 0.2) is 30.5 Å². The predicted octanol–water partition coefficient (Wildman–Crippen LogP) is 2.70. The molecule has 124 valence electrons. The first kappa shape index (κ1) is 16.0. The molecule has 1 aromatic carbocycles. The van der Waals surface area contributed by atoms with E-state index in [4.69, 9.17) is 9.47 Å². The number of likely N-dealkylation sites (tertiary alicyclic amines) is 1. The van der Waals surface area contributed by atoms with Gasteiger partial charge in [0.05, 0.1) is 6.20 Å². The highest BCUT2D eigenvalue weighted by molar-refractivity contribution is 5.27. The van der Waals surface area contributed by atoms with E-state index in [1.807, 2.05) is 18.3 Å². The molecule has 1 N–H and O–H groups in total. The first-order valence-electron chi connectivity index (χ1n) is 8.06. The molecule has 1 aliphatic rings. The molecule has 1 saturated heterocycles. The van der Waals surface area contributed by atoms with E-state index in [2.05, 4.69) is 41.1 Å². The molecule has 5 nitrogen and oxygen atoms in total. The van der Waals surface area contributed by atoms with E-state index in [1.165, 1.54) is 11.1 Å². The Morgan fingerprint density at radius 1 is 1.35 bits per heavy atom. The number of H-pyrrole nitrogens is 1. The largest absolute Gasteiger partial charge is 0.491 e. The van der Waals surface area contributed by atoms with Gasteiger partial charge in [-0.3, -0.25) is 10.00 Å². The number of aromatic amines is 1. The molecule has 3 rings (SSSR count). The number of hydrogen-bond donors (Lipinski definition) is 1. The summed E-state index contributed by atoms with van der Waals surface area (Å²) in [6.45, 7) is 7.49. The summed E-state index contributed by atoms with van der Waals surface area (Å²) < 4.78 is 11.8. The van der Waals surface area contributed by atoms with Crippen LogP contribution < -0.4 is 4.74 Å². The monoisotopic (exact) mass is 315 g/mol. The molecule has 2 heterocycles. The topological polar surface area (TPSA) is 50.4 Å². The fourth-order valence-corrected chi connectivity index (χ4v) is 3.10. The Bertz CT molecular complexity index is 655. The van der Waals surface area contributed by atoms with Crippen molar-refractivity contribution in [1.82, 2.24) is 15.1 Å². The summed E-state index contributed by atoms with van der Waals surface area (Å²) in [5, 5.41) is 7.09. The highest BCUT2D eigenvalue weighted by atomic mass is 16.5. The number of ether oxygens (including phenoxy) is 2. The quantitative estimate of drug-likeness (QED) is 0.890. The molecule has 5 heteroatoms. The maximum atomic E-state index is 6.00. The van der Waals surface area contributed by atoms with Gasteiger partial charge in [-0.25, -0.2) is 0 Å². The van der Waals surface area contributed by atoms with E-state index in [-0.39, 0.29) is 5.60 Å². The summed E-state index contributed by atoms with van der Waals surface area (Å²) in [6, 6.07) is 8.15. The maximum Gasteiger partial charge on any atom is 0.119 e. The number of nitrogens with one attached hydrogen (secondary N) is 1. The zero-order valence-electron chi connectivity index (χ0n) is 14.1. The maximum absolute atomic E-state index is 6.00. The van der Waals surface area contributed by atoms with E-state index >= 15 is 0 Å². The normalized spacial score (nSPS) is 21.7. The van der Waals surface area contributed by atoms with E-state index in [0.29, 0.717) is 6.61 Å². The number of hydrogen-bond acceptors (Lipinski definition) is 4. The Morgan fingerprint density at radius 2 is 2.22 bits per heavy atom. The molecule has 0 bridgehead atoms. The highest BCUT2D eigenvalue weighted by Gasteiger charge is 2.39. The van der Waals surface area contributed by atoms with Gasteiger partial charge in [0.15, 0.2) is 0 Å². The van der Waals surface area contributed by atoms with E-state index < -0.39 is 0 Å². The lowest BCUT2D eigenvalue weighted by atomic mass is 10.0. The third-order valence-corrected chi connectivity index (χ3v) is 4.65.